The summed E-state index contributed by atoms with van der Waals surface area (Å²) < 4.78 is 0. The van der Waals surface area contributed by atoms with Gasteiger partial charge in [0.1, 0.15) is 0 Å². The van der Waals surface area contributed by atoms with Crippen LogP contribution < -0.4 is 5.32 Å². The van der Waals surface area contributed by atoms with Crippen LogP contribution in [0.4, 0.5) is 0 Å². The highest BCUT2D eigenvalue weighted by Crippen LogP contribution is 2.10. The zero-order valence-corrected chi connectivity index (χ0v) is 13.4. The van der Waals surface area contributed by atoms with E-state index < -0.39 is 0 Å². The molecule has 0 unspecified atom stereocenters. The van der Waals surface area contributed by atoms with E-state index in [4.69, 9.17) is 0 Å². The molecule has 3 heteroatoms. The fourth-order valence-corrected chi connectivity index (χ4v) is 1.95. The first-order valence-electron chi connectivity index (χ1n) is 7.78. The lowest BCUT2D eigenvalue weighted by atomic mass is 10.0. The summed E-state index contributed by atoms with van der Waals surface area (Å²) in [4.78, 5) is 13.6. The molecule has 1 N–H and O–H groups in total. The first-order chi connectivity index (χ1) is 8.76. The van der Waals surface area contributed by atoms with Gasteiger partial charge in [0.2, 0.25) is 5.91 Å². The topological polar surface area (TPSA) is 32.3 Å². The Morgan fingerprint density at radius 1 is 1.11 bits per heavy atom. The van der Waals surface area contributed by atoms with Crippen LogP contribution in [0.5, 0.6) is 0 Å². The average Bonchev–Trinajstić information content (AvgIpc) is 2.45. The lowest BCUT2D eigenvalue weighted by Gasteiger charge is -2.32. The molecule has 1 rings (SSSR count). The van der Waals surface area contributed by atoms with Crippen molar-refractivity contribution < 1.29 is 4.79 Å². The second kappa shape index (κ2) is 14.5. The van der Waals surface area contributed by atoms with E-state index in [0.717, 1.165) is 25.9 Å². The largest absolute Gasteiger partial charge is 0.353 e. The fraction of sp³-hybridized carbons (Fsp3) is 0.933. The summed E-state index contributed by atoms with van der Waals surface area (Å²) >= 11 is 0. The van der Waals surface area contributed by atoms with Gasteiger partial charge in [-0.2, -0.15) is 0 Å². The van der Waals surface area contributed by atoms with E-state index in [1.165, 1.54) is 13.0 Å². The van der Waals surface area contributed by atoms with Gasteiger partial charge in [-0.1, -0.05) is 41.5 Å². The van der Waals surface area contributed by atoms with Crippen molar-refractivity contribution in [2.24, 2.45) is 0 Å². The Kier molecular flexibility index (Phi) is 15.9. The molecule has 0 aromatic carbocycles. The summed E-state index contributed by atoms with van der Waals surface area (Å²) in [5, 5.41) is 3.07. The number of rotatable bonds is 4. The minimum absolute atomic E-state index is 0.193. The summed E-state index contributed by atoms with van der Waals surface area (Å²) in [6, 6.07) is 0.426. The van der Waals surface area contributed by atoms with E-state index in [1.807, 2.05) is 34.6 Å². The molecule has 0 saturated carbocycles. The number of piperidine rings is 1. The summed E-state index contributed by atoms with van der Waals surface area (Å²) in [6.07, 6.45) is 4.07. The molecule has 1 aliphatic rings. The van der Waals surface area contributed by atoms with Gasteiger partial charge in [0.25, 0.3) is 0 Å². The number of likely N-dealkylation sites (tertiary alicyclic amines) is 1. The monoisotopic (exact) mass is 258 g/mol. The van der Waals surface area contributed by atoms with Crippen molar-refractivity contribution in [2.45, 2.75) is 73.3 Å². The Hall–Kier alpha value is -0.570. The predicted molar refractivity (Wildman–Crippen MR) is 80.9 cm³/mol. The van der Waals surface area contributed by atoms with E-state index in [9.17, 15) is 4.79 Å². The van der Waals surface area contributed by atoms with E-state index >= 15 is 0 Å². The molecular weight excluding hydrogens is 224 g/mol. The molecule has 0 spiro atoms. The van der Waals surface area contributed by atoms with Crippen LogP contribution in [0, 0.1) is 0 Å². The smallest absolute Gasteiger partial charge is 0.219 e. The third-order valence-corrected chi connectivity index (χ3v) is 2.81. The number of nitrogens with zero attached hydrogens (tertiary/aromatic N) is 1. The Bertz CT molecular complexity index is 175. The molecule has 3 nitrogen and oxygen atoms in total. The van der Waals surface area contributed by atoms with Crippen LogP contribution in [-0.2, 0) is 4.79 Å². The molecule has 1 saturated heterocycles. The number of carbonyl (C=O) groups is 1. The number of carbonyl (C=O) groups excluding carboxylic acids is 1. The van der Waals surface area contributed by atoms with Crippen LogP contribution in [0.3, 0.4) is 0 Å². The van der Waals surface area contributed by atoms with Crippen molar-refractivity contribution in [1.82, 2.24) is 10.2 Å². The Morgan fingerprint density at radius 2 is 1.61 bits per heavy atom. The minimum atomic E-state index is 0.193. The second-order valence-electron chi connectivity index (χ2n) is 4.04. The van der Waals surface area contributed by atoms with Crippen molar-refractivity contribution >= 4 is 5.91 Å². The zero-order chi connectivity index (χ0) is 14.4. The number of amides is 1. The molecule has 1 aliphatic heterocycles. The standard InChI is InChI=1S/C11H22N2O.2C2H6/c1-3-7-13-8-5-10(6-9-13)12-11(14)4-2;2*1-2/h10H,3-9H2,1-2H3,(H,12,14);2*1-2H3. The van der Waals surface area contributed by atoms with E-state index in [1.54, 1.807) is 0 Å². The van der Waals surface area contributed by atoms with Crippen molar-refractivity contribution in [3.8, 4) is 0 Å². The summed E-state index contributed by atoms with van der Waals surface area (Å²) in [6.45, 7) is 15.6. The Morgan fingerprint density at radius 3 is 2.00 bits per heavy atom. The van der Waals surface area contributed by atoms with Gasteiger partial charge in [-0.3, -0.25) is 4.79 Å². The Labute approximate surface area is 114 Å². The van der Waals surface area contributed by atoms with Crippen LogP contribution in [0.25, 0.3) is 0 Å². The van der Waals surface area contributed by atoms with Gasteiger partial charge in [-0.15, -0.1) is 0 Å². The molecule has 0 radical (unpaired) electrons. The Balaban J connectivity index is 0. The van der Waals surface area contributed by atoms with Crippen LogP contribution in [0.2, 0.25) is 0 Å². The molecule has 0 bridgehead atoms. The molecule has 0 atom stereocenters. The van der Waals surface area contributed by atoms with E-state index in [-0.39, 0.29) is 5.91 Å². The maximum atomic E-state index is 11.2. The van der Waals surface area contributed by atoms with Crippen molar-refractivity contribution in [1.29, 1.82) is 0 Å². The molecule has 0 aromatic heterocycles. The normalized spacial score (nSPS) is 15.9. The lowest BCUT2D eigenvalue weighted by Crippen LogP contribution is -2.44. The molecule has 18 heavy (non-hydrogen) atoms. The lowest BCUT2D eigenvalue weighted by molar-refractivity contribution is -0.121. The molecule has 1 heterocycles. The number of nitrogens with one attached hydrogen (secondary N) is 1. The highest BCUT2D eigenvalue weighted by Gasteiger charge is 2.19. The quantitative estimate of drug-likeness (QED) is 0.838. The van der Waals surface area contributed by atoms with Gasteiger partial charge in [0.05, 0.1) is 0 Å². The fourth-order valence-electron chi connectivity index (χ4n) is 1.95. The van der Waals surface area contributed by atoms with Gasteiger partial charge < -0.3 is 10.2 Å². The minimum Gasteiger partial charge on any atom is -0.353 e. The molecular formula is C15H34N2O. The maximum Gasteiger partial charge on any atom is 0.219 e. The predicted octanol–water partition coefficient (Wildman–Crippen LogP) is 3.44. The van der Waals surface area contributed by atoms with Gasteiger partial charge >= 0.3 is 0 Å². The molecule has 0 aliphatic carbocycles. The summed E-state index contributed by atoms with van der Waals surface area (Å²) in [5.41, 5.74) is 0. The highest BCUT2D eigenvalue weighted by atomic mass is 16.1. The zero-order valence-electron chi connectivity index (χ0n) is 13.4. The van der Waals surface area contributed by atoms with Crippen LogP contribution in [-0.4, -0.2) is 36.5 Å². The first kappa shape index (κ1) is 19.8. The third-order valence-electron chi connectivity index (χ3n) is 2.81. The van der Waals surface area contributed by atoms with Crippen LogP contribution in [0.15, 0.2) is 0 Å². The third kappa shape index (κ3) is 9.46. The number of hydrogen-bond acceptors (Lipinski definition) is 2. The van der Waals surface area contributed by atoms with Gasteiger partial charge in [0.15, 0.2) is 0 Å². The first-order valence-corrected chi connectivity index (χ1v) is 7.78. The van der Waals surface area contributed by atoms with Gasteiger partial charge in [0, 0.05) is 25.6 Å². The van der Waals surface area contributed by atoms with Crippen molar-refractivity contribution in [2.75, 3.05) is 19.6 Å². The maximum absolute atomic E-state index is 11.2. The van der Waals surface area contributed by atoms with Crippen molar-refractivity contribution in [3.63, 3.8) is 0 Å². The van der Waals surface area contributed by atoms with E-state index in [0.29, 0.717) is 12.5 Å². The molecule has 1 amide bonds. The van der Waals surface area contributed by atoms with Crippen LogP contribution >= 0.6 is 0 Å². The van der Waals surface area contributed by atoms with Crippen LogP contribution in [0.1, 0.15) is 67.2 Å². The van der Waals surface area contributed by atoms with Crippen molar-refractivity contribution in [3.05, 3.63) is 0 Å². The summed E-state index contributed by atoms with van der Waals surface area (Å²) in [5.74, 6) is 0.193. The molecule has 110 valence electrons. The van der Waals surface area contributed by atoms with Gasteiger partial charge in [-0.25, -0.2) is 0 Å². The molecule has 1 fully saturated rings. The SMILES string of the molecule is CC.CC.CCCN1CCC(NC(=O)CC)CC1. The second-order valence-corrected chi connectivity index (χ2v) is 4.04. The average molecular weight is 258 g/mol. The summed E-state index contributed by atoms with van der Waals surface area (Å²) in [7, 11) is 0. The van der Waals surface area contributed by atoms with E-state index in [2.05, 4.69) is 17.1 Å². The number of hydrogen-bond donors (Lipinski definition) is 1. The van der Waals surface area contributed by atoms with Gasteiger partial charge in [-0.05, 0) is 25.8 Å². The molecule has 0 aromatic rings. The highest BCUT2D eigenvalue weighted by molar-refractivity contribution is 5.75.